The highest BCUT2D eigenvalue weighted by atomic mass is 16.7. The van der Waals surface area contributed by atoms with Crippen molar-refractivity contribution in [3.63, 3.8) is 0 Å². The Morgan fingerprint density at radius 1 is 1.48 bits per heavy atom. The third kappa shape index (κ3) is 2.57. The molecule has 2 aliphatic rings. The van der Waals surface area contributed by atoms with Crippen molar-refractivity contribution in [2.24, 2.45) is 7.05 Å². The summed E-state index contributed by atoms with van der Waals surface area (Å²) < 4.78 is 15.4. The molecule has 2 bridgehead atoms. The van der Waals surface area contributed by atoms with Crippen LogP contribution in [0.4, 0.5) is 0 Å². The molecule has 0 radical (unpaired) electrons. The average molecular weight is 319 g/mol. The van der Waals surface area contributed by atoms with Crippen LogP contribution in [-0.4, -0.2) is 55.6 Å². The Balaban J connectivity index is 1.53. The molecule has 8 nitrogen and oxygen atoms in total. The first-order valence-electron chi connectivity index (χ1n) is 7.79. The van der Waals surface area contributed by atoms with Gasteiger partial charge in [0.15, 0.2) is 6.29 Å². The van der Waals surface area contributed by atoms with Gasteiger partial charge in [0.25, 0.3) is 0 Å². The summed E-state index contributed by atoms with van der Waals surface area (Å²) in [5.41, 5.74) is 1.07. The van der Waals surface area contributed by atoms with Gasteiger partial charge in [0, 0.05) is 37.7 Å². The van der Waals surface area contributed by atoms with Crippen molar-refractivity contribution < 1.29 is 14.6 Å². The van der Waals surface area contributed by atoms with Crippen LogP contribution >= 0.6 is 0 Å². The van der Waals surface area contributed by atoms with Crippen LogP contribution in [0.15, 0.2) is 24.8 Å². The van der Waals surface area contributed by atoms with Gasteiger partial charge in [0.1, 0.15) is 18.0 Å². The molecule has 2 aromatic rings. The summed E-state index contributed by atoms with van der Waals surface area (Å²) in [6, 6.07) is -0.511. The summed E-state index contributed by atoms with van der Waals surface area (Å²) in [4.78, 5) is 4.24. The lowest BCUT2D eigenvalue weighted by Gasteiger charge is -2.39. The van der Waals surface area contributed by atoms with Crippen molar-refractivity contribution in [2.45, 2.75) is 44.1 Å². The predicted octanol–water partition coefficient (Wildman–Crippen LogP) is -0.259. The fraction of sp³-hybridized carbons (Fsp3) is 0.600. The molecule has 2 fully saturated rings. The first-order valence-corrected chi connectivity index (χ1v) is 7.79. The normalized spacial score (nSPS) is 33.3. The van der Waals surface area contributed by atoms with Crippen LogP contribution in [0.5, 0.6) is 0 Å². The number of aliphatic hydroxyl groups excluding tert-OH is 1. The zero-order valence-corrected chi connectivity index (χ0v) is 13.2. The third-order valence-corrected chi connectivity index (χ3v) is 4.61. The van der Waals surface area contributed by atoms with Gasteiger partial charge < -0.3 is 24.5 Å². The number of hydrogen-bond acceptors (Lipinski definition) is 6. The van der Waals surface area contributed by atoms with Gasteiger partial charge in [-0.1, -0.05) is 0 Å². The second-order valence-corrected chi connectivity index (χ2v) is 6.17. The first kappa shape index (κ1) is 14.8. The molecule has 2 saturated heterocycles. The Labute approximate surface area is 134 Å². The maximum atomic E-state index is 10.9. The van der Waals surface area contributed by atoms with Gasteiger partial charge >= 0.3 is 0 Å². The minimum atomic E-state index is -0.620. The van der Waals surface area contributed by atoms with Crippen molar-refractivity contribution in [1.82, 2.24) is 24.6 Å². The van der Waals surface area contributed by atoms with Crippen molar-refractivity contribution in [1.29, 1.82) is 0 Å². The van der Waals surface area contributed by atoms with E-state index in [4.69, 9.17) is 9.47 Å². The molecule has 5 unspecified atom stereocenters. The minimum absolute atomic E-state index is 0.147. The molecule has 0 spiro atoms. The van der Waals surface area contributed by atoms with E-state index in [9.17, 15) is 5.11 Å². The van der Waals surface area contributed by atoms with E-state index in [0.29, 0.717) is 13.2 Å². The monoisotopic (exact) mass is 319 g/mol. The number of aromatic nitrogens is 4. The lowest BCUT2D eigenvalue weighted by molar-refractivity contribution is -0.165. The molecule has 0 aromatic carbocycles. The summed E-state index contributed by atoms with van der Waals surface area (Å²) in [5, 5.41) is 18.5. The summed E-state index contributed by atoms with van der Waals surface area (Å²) >= 11 is 0. The van der Waals surface area contributed by atoms with Gasteiger partial charge in [0.05, 0.1) is 24.9 Å². The van der Waals surface area contributed by atoms with Gasteiger partial charge in [-0.2, -0.15) is 5.10 Å². The maximum absolute atomic E-state index is 10.9. The van der Waals surface area contributed by atoms with Gasteiger partial charge in [-0.3, -0.25) is 4.68 Å². The molecule has 124 valence electrons. The molecule has 2 N–H and O–H groups in total. The van der Waals surface area contributed by atoms with Crippen LogP contribution in [0.1, 0.15) is 17.4 Å². The van der Waals surface area contributed by atoms with Gasteiger partial charge in [0.2, 0.25) is 0 Å². The molecule has 2 aliphatic heterocycles. The fourth-order valence-corrected chi connectivity index (χ4v) is 3.45. The summed E-state index contributed by atoms with van der Waals surface area (Å²) in [7, 11) is 1.88. The largest absolute Gasteiger partial charge is 0.389 e. The maximum Gasteiger partial charge on any atom is 0.181 e. The summed E-state index contributed by atoms with van der Waals surface area (Å²) in [5.74, 6) is 0.831. The summed E-state index contributed by atoms with van der Waals surface area (Å²) in [6.45, 7) is 3.01. The Kier molecular flexibility index (Phi) is 3.68. The van der Waals surface area contributed by atoms with E-state index in [1.165, 1.54) is 0 Å². The van der Waals surface area contributed by atoms with E-state index in [-0.39, 0.29) is 18.2 Å². The molecule has 2 aromatic heterocycles. The van der Waals surface area contributed by atoms with Gasteiger partial charge in [-0.05, 0) is 6.92 Å². The second kappa shape index (κ2) is 5.72. The topological polar surface area (TPSA) is 86.4 Å². The molecular formula is C15H21N5O3. The highest BCUT2D eigenvalue weighted by Crippen LogP contribution is 2.36. The van der Waals surface area contributed by atoms with E-state index in [1.807, 2.05) is 37.1 Å². The van der Waals surface area contributed by atoms with E-state index < -0.39 is 12.4 Å². The number of hydrogen-bond donors (Lipinski definition) is 2. The highest BCUT2D eigenvalue weighted by molar-refractivity contribution is 5.07. The third-order valence-electron chi connectivity index (χ3n) is 4.61. The molecule has 0 amide bonds. The Morgan fingerprint density at radius 2 is 2.35 bits per heavy atom. The number of imidazole rings is 1. The van der Waals surface area contributed by atoms with Crippen LogP contribution in [0.2, 0.25) is 0 Å². The first-order chi connectivity index (χ1) is 11.1. The molecule has 23 heavy (non-hydrogen) atoms. The molecule has 4 rings (SSSR count). The molecular weight excluding hydrogens is 298 g/mol. The molecule has 4 heterocycles. The zero-order chi connectivity index (χ0) is 16.0. The smallest absolute Gasteiger partial charge is 0.181 e. The standard InChI is InChI=1S/C15H21N5O3/c1-9-16-3-4-20(9)13-14(21)12(11-8-22-15(13)23-11)17-5-10-6-18-19(2)7-10/h3-4,6-7,11-15,17,21H,5,8H2,1-2H3. The number of aliphatic hydroxyl groups is 1. The van der Waals surface area contributed by atoms with E-state index in [1.54, 1.807) is 10.9 Å². The van der Waals surface area contributed by atoms with E-state index in [2.05, 4.69) is 15.4 Å². The fourth-order valence-electron chi connectivity index (χ4n) is 3.45. The SMILES string of the molecule is Cc1nccn1C1C2OCC(O2)C(NCc2cnn(C)c2)C1O. The molecule has 0 saturated carbocycles. The van der Waals surface area contributed by atoms with Crippen LogP contribution in [-0.2, 0) is 23.1 Å². The second-order valence-electron chi connectivity index (χ2n) is 6.17. The van der Waals surface area contributed by atoms with E-state index in [0.717, 1.165) is 11.4 Å². The van der Waals surface area contributed by atoms with Crippen molar-refractivity contribution in [2.75, 3.05) is 6.61 Å². The molecule has 8 heteroatoms. The number of fused-ring (bicyclic) bond motifs is 2. The average Bonchev–Trinajstić information content (AvgIpc) is 3.23. The zero-order valence-electron chi connectivity index (χ0n) is 13.2. The van der Waals surface area contributed by atoms with Crippen LogP contribution in [0.3, 0.4) is 0 Å². The Hall–Kier alpha value is -1.74. The predicted molar refractivity (Wildman–Crippen MR) is 80.5 cm³/mol. The van der Waals surface area contributed by atoms with Gasteiger partial charge in [-0.25, -0.2) is 4.98 Å². The Bertz CT molecular complexity index is 684. The quantitative estimate of drug-likeness (QED) is 0.807. The van der Waals surface area contributed by atoms with Gasteiger partial charge in [-0.15, -0.1) is 0 Å². The Morgan fingerprint density at radius 3 is 3.04 bits per heavy atom. The number of rotatable bonds is 4. The molecule has 0 aliphatic carbocycles. The molecule has 5 atom stereocenters. The number of ether oxygens (including phenoxy) is 2. The lowest BCUT2D eigenvalue weighted by atomic mass is 9.95. The van der Waals surface area contributed by atoms with Crippen molar-refractivity contribution in [3.8, 4) is 0 Å². The van der Waals surface area contributed by atoms with Crippen LogP contribution in [0, 0.1) is 6.92 Å². The number of aryl methyl sites for hydroxylation is 2. The van der Waals surface area contributed by atoms with Crippen molar-refractivity contribution in [3.05, 3.63) is 36.2 Å². The number of nitrogens with zero attached hydrogens (tertiary/aromatic N) is 4. The van der Waals surface area contributed by atoms with Crippen molar-refractivity contribution >= 4 is 0 Å². The van der Waals surface area contributed by atoms with E-state index >= 15 is 0 Å². The summed E-state index contributed by atoms with van der Waals surface area (Å²) in [6.07, 6.45) is 6.15. The highest BCUT2D eigenvalue weighted by Gasteiger charge is 2.50. The number of nitrogens with one attached hydrogen (secondary N) is 1. The lowest BCUT2D eigenvalue weighted by Crippen LogP contribution is -2.57. The minimum Gasteiger partial charge on any atom is -0.389 e. The van der Waals surface area contributed by atoms with Crippen LogP contribution < -0.4 is 5.32 Å². The van der Waals surface area contributed by atoms with Crippen LogP contribution in [0.25, 0.3) is 0 Å².